The number of rotatable bonds is 8. The van der Waals surface area contributed by atoms with E-state index >= 15 is 0 Å². The Morgan fingerprint density at radius 2 is 1.74 bits per heavy atom. The number of hydrogen-bond acceptors (Lipinski definition) is 7. The first kappa shape index (κ1) is 25.7. The van der Waals surface area contributed by atoms with Gasteiger partial charge in [-0.25, -0.2) is 0 Å². The van der Waals surface area contributed by atoms with Crippen LogP contribution in [0.5, 0.6) is 0 Å². The van der Waals surface area contributed by atoms with Gasteiger partial charge in [-0.05, 0) is 35.7 Å². The van der Waals surface area contributed by atoms with Crippen LogP contribution in [0, 0.1) is 0 Å². The van der Waals surface area contributed by atoms with E-state index in [0.29, 0.717) is 29.0 Å². The third kappa shape index (κ3) is 5.07. The van der Waals surface area contributed by atoms with Gasteiger partial charge in [-0.1, -0.05) is 60.7 Å². The van der Waals surface area contributed by atoms with Crippen molar-refractivity contribution >= 4 is 40.4 Å². The van der Waals surface area contributed by atoms with Gasteiger partial charge in [0.15, 0.2) is 6.23 Å². The second-order valence-corrected chi connectivity index (χ2v) is 10.2. The quantitative estimate of drug-likeness (QED) is 0.313. The standard InChI is InChI=1S/C29H27ClN4O5/c1-29(36)24(38-16-19-10-6-3-7-11-19)21(17-37-15-18-8-4-2-5-9-18)39-27(29)34-14-20-12-13-22(35)31-25-23(20)26(34)33-28(30)32-25/h2-14,21,24,27,36H,15-17H2,1H3,(H,31,32,33,35)/t21-,24-,27?,29-/m1/s1. The summed E-state index contributed by atoms with van der Waals surface area (Å²) in [5.41, 5.74) is 1.64. The summed E-state index contributed by atoms with van der Waals surface area (Å²) in [6.07, 6.45) is 2.67. The summed E-state index contributed by atoms with van der Waals surface area (Å²) < 4.78 is 20.5. The maximum atomic E-state index is 12.1. The zero-order valence-corrected chi connectivity index (χ0v) is 21.9. The van der Waals surface area contributed by atoms with Crippen molar-refractivity contribution < 1.29 is 24.1 Å². The fourth-order valence-corrected chi connectivity index (χ4v) is 5.30. The SMILES string of the molecule is C[C@]1(O)C(n2cc3c4c(nc(Cl)nc42)NC(=O)C=C3)O[C@H](COCc2ccccc2)[C@H]1OCc1ccccc1. The summed E-state index contributed by atoms with van der Waals surface area (Å²) in [6, 6.07) is 19.6. The van der Waals surface area contributed by atoms with Gasteiger partial charge in [0, 0.05) is 17.8 Å². The highest BCUT2D eigenvalue weighted by Gasteiger charge is 2.55. The molecule has 0 radical (unpaired) electrons. The molecule has 1 saturated heterocycles. The molecule has 0 aliphatic carbocycles. The van der Waals surface area contributed by atoms with Crippen molar-refractivity contribution in [3.05, 3.63) is 94.9 Å². The molecule has 2 aromatic carbocycles. The van der Waals surface area contributed by atoms with Crippen LogP contribution in [0.3, 0.4) is 0 Å². The van der Waals surface area contributed by atoms with Crippen LogP contribution < -0.4 is 5.32 Å². The normalized spacial score (nSPS) is 24.2. The molecule has 1 amide bonds. The number of carbonyl (C=O) groups is 1. The van der Waals surface area contributed by atoms with Crippen molar-refractivity contribution in [3.8, 4) is 0 Å². The van der Waals surface area contributed by atoms with E-state index in [9.17, 15) is 9.90 Å². The molecule has 2 N–H and O–H groups in total. The van der Waals surface area contributed by atoms with Gasteiger partial charge in [-0.2, -0.15) is 9.97 Å². The molecule has 200 valence electrons. The van der Waals surface area contributed by atoms with Crippen LogP contribution in [0.2, 0.25) is 5.28 Å². The summed E-state index contributed by atoms with van der Waals surface area (Å²) in [5, 5.41) is 15.2. The molecule has 4 atom stereocenters. The molecule has 4 heterocycles. The molecular formula is C29H27ClN4O5. The predicted octanol–water partition coefficient (Wildman–Crippen LogP) is 4.50. The average molecular weight is 547 g/mol. The summed E-state index contributed by atoms with van der Waals surface area (Å²) in [4.78, 5) is 20.8. The zero-order chi connectivity index (χ0) is 27.0. The fraction of sp³-hybridized carbons (Fsp3) is 0.276. The lowest BCUT2D eigenvalue weighted by atomic mass is 9.96. The summed E-state index contributed by atoms with van der Waals surface area (Å²) in [7, 11) is 0. The van der Waals surface area contributed by atoms with Gasteiger partial charge in [0.2, 0.25) is 11.2 Å². The van der Waals surface area contributed by atoms with E-state index in [-0.39, 0.29) is 24.4 Å². The number of aliphatic hydroxyl groups is 1. The molecule has 2 aromatic heterocycles. The predicted molar refractivity (Wildman–Crippen MR) is 146 cm³/mol. The van der Waals surface area contributed by atoms with E-state index in [1.165, 1.54) is 6.08 Å². The van der Waals surface area contributed by atoms with E-state index < -0.39 is 24.0 Å². The smallest absolute Gasteiger partial charge is 0.249 e. The van der Waals surface area contributed by atoms with Gasteiger partial charge >= 0.3 is 0 Å². The van der Waals surface area contributed by atoms with Crippen LogP contribution in [-0.4, -0.2) is 50.0 Å². The number of ether oxygens (including phenoxy) is 3. The lowest BCUT2D eigenvalue weighted by molar-refractivity contribution is -0.114. The second-order valence-electron chi connectivity index (χ2n) is 9.82. The lowest BCUT2D eigenvalue weighted by Gasteiger charge is -2.30. The molecule has 2 aliphatic heterocycles. The highest BCUT2D eigenvalue weighted by Crippen LogP contribution is 2.43. The van der Waals surface area contributed by atoms with Crippen molar-refractivity contribution in [1.82, 2.24) is 14.5 Å². The number of aromatic nitrogens is 3. The van der Waals surface area contributed by atoms with Crippen molar-refractivity contribution in [2.24, 2.45) is 0 Å². The molecule has 0 bridgehead atoms. The summed E-state index contributed by atoms with van der Waals surface area (Å²) in [5.74, 6) is -0.0195. The van der Waals surface area contributed by atoms with Crippen LogP contribution >= 0.6 is 11.6 Å². The molecule has 0 spiro atoms. The van der Waals surface area contributed by atoms with Crippen molar-refractivity contribution in [2.75, 3.05) is 11.9 Å². The van der Waals surface area contributed by atoms with Crippen molar-refractivity contribution in [2.45, 2.75) is 44.2 Å². The topological polar surface area (TPSA) is 108 Å². The molecule has 1 fully saturated rings. The highest BCUT2D eigenvalue weighted by atomic mass is 35.5. The molecular weight excluding hydrogens is 520 g/mol. The van der Waals surface area contributed by atoms with Crippen LogP contribution in [-0.2, 0) is 32.2 Å². The molecule has 4 aromatic rings. The maximum absolute atomic E-state index is 12.1. The van der Waals surface area contributed by atoms with Gasteiger partial charge in [-0.15, -0.1) is 0 Å². The molecule has 10 heteroatoms. The average Bonchev–Trinajstić information content (AvgIpc) is 3.34. The largest absolute Gasteiger partial charge is 0.383 e. The first-order valence-corrected chi connectivity index (χ1v) is 13.0. The molecule has 2 aliphatic rings. The van der Waals surface area contributed by atoms with Crippen LogP contribution in [0.15, 0.2) is 72.9 Å². The minimum absolute atomic E-state index is 0.0390. The molecule has 1 unspecified atom stereocenters. The third-order valence-electron chi connectivity index (χ3n) is 6.97. The number of halogens is 1. The van der Waals surface area contributed by atoms with Crippen LogP contribution in [0.1, 0.15) is 29.8 Å². The fourth-order valence-electron chi connectivity index (χ4n) is 5.14. The second kappa shape index (κ2) is 10.5. The van der Waals surface area contributed by atoms with Gasteiger partial charge in [0.05, 0.1) is 25.2 Å². The van der Waals surface area contributed by atoms with Crippen molar-refractivity contribution in [3.63, 3.8) is 0 Å². The third-order valence-corrected chi connectivity index (χ3v) is 7.14. The highest BCUT2D eigenvalue weighted by molar-refractivity contribution is 6.29. The van der Waals surface area contributed by atoms with Gasteiger partial charge in [0.25, 0.3) is 0 Å². The Morgan fingerprint density at radius 3 is 2.46 bits per heavy atom. The number of nitrogens with one attached hydrogen (secondary N) is 1. The number of nitrogens with zero attached hydrogens (tertiary/aromatic N) is 3. The first-order chi connectivity index (χ1) is 18.9. The van der Waals surface area contributed by atoms with Crippen LogP contribution in [0.25, 0.3) is 17.1 Å². The molecule has 0 saturated carbocycles. The van der Waals surface area contributed by atoms with E-state index in [1.54, 1.807) is 23.8 Å². The first-order valence-electron chi connectivity index (χ1n) is 12.6. The van der Waals surface area contributed by atoms with Gasteiger partial charge < -0.3 is 29.2 Å². The molecule has 39 heavy (non-hydrogen) atoms. The number of anilines is 1. The number of benzene rings is 2. The van der Waals surface area contributed by atoms with Crippen molar-refractivity contribution in [1.29, 1.82) is 0 Å². The number of amides is 1. The zero-order valence-electron chi connectivity index (χ0n) is 21.2. The Hall–Kier alpha value is -3.60. The van der Waals surface area contributed by atoms with Gasteiger partial charge in [-0.3, -0.25) is 4.79 Å². The van der Waals surface area contributed by atoms with E-state index in [1.807, 2.05) is 60.7 Å². The lowest BCUT2D eigenvalue weighted by Crippen LogP contribution is -2.46. The van der Waals surface area contributed by atoms with E-state index in [4.69, 9.17) is 25.8 Å². The van der Waals surface area contributed by atoms with E-state index in [2.05, 4.69) is 15.3 Å². The minimum Gasteiger partial charge on any atom is -0.383 e. The minimum atomic E-state index is -1.48. The maximum Gasteiger partial charge on any atom is 0.249 e. The monoisotopic (exact) mass is 546 g/mol. The van der Waals surface area contributed by atoms with E-state index in [0.717, 1.165) is 11.1 Å². The van der Waals surface area contributed by atoms with Crippen LogP contribution in [0.4, 0.5) is 5.82 Å². The molecule has 6 rings (SSSR count). The Morgan fingerprint density at radius 1 is 1.05 bits per heavy atom. The Bertz CT molecular complexity index is 1520. The Balaban J connectivity index is 1.33. The molecule has 9 nitrogen and oxygen atoms in total. The Kier molecular flexibility index (Phi) is 6.92. The number of hydrogen-bond donors (Lipinski definition) is 2. The number of carbonyl (C=O) groups excluding carboxylic acids is 1. The summed E-state index contributed by atoms with van der Waals surface area (Å²) >= 11 is 6.23. The Labute approximate surface area is 230 Å². The van der Waals surface area contributed by atoms with Gasteiger partial charge in [0.1, 0.15) is 29.3 Å². The summed E-state index contributed by atoms with van der Waals surface area (Å²) in [6.45, 7) is 2.57.